The minimum Gasteiger partial charge on any atom is -0.343 e. The largest absolute Gasteiger partial charge is 0.343 e. The minimum atomic E-state index is -0.181. The van der Waals surface area contributed by atoms with Gasteiger partial charge in [-0.05, 0) is 62.1 Å². The Morgan fingerprint density at radius 3 is 2.88 bits per heavy atom. The Kier molecular flexibility index (Phi) is 6.64. The molecule has 4 nitrogen and oxygen atoms in total. The first-order valence-corrected chi connectivity index (χ1v) is 9.92. The van der Waals surface area contributed by atoms with E-state index in [1.165, 1.54) is 6.07 Å². The molecule has 0 spiro atoms. The van der Waals surface area contributed by atoms with Gasteiger partial charge in [0.1, 0.15) is 5.82 Å². The smallest absolute Gasteiger partial charge is 0.222 e. The molecule has 0 bridgehead atoms. The van der Waals surface area contributed by atoms with Gasteiger partial charge in [0.05, 0.1) is 0 Å². The minimum absolute atomic E-state index is 0.181. The fourth-order valence-corrected chi connectivity index (χ4v) is 4.11. The summed E-state index contributed by atoms with van der Waals surface area (Å²) in [5, 5.41) is 0. The first-order valence-electron chi connectivity index (χ1n) is 9.92. The van der Waals surface area contributed by atoms with Crippen molar-refractivity contribution in [3.05, 3.63) is 35.6 Å². The number of rotatable bonds is 7. The van der Waals surface area contributed by atoms with Crippen LogP contribution in [0.5, 0.6) is 0 Å². The Hall–Kier alpha value is -1.91. The average Bonchev–Trinajstić information content (AvgIpc) is 3.05. The predicted octanol–water partition coefficient (Wildman–Crippen LogP) is 3.40. The van der Waals surface area contributed by atoms with E-state index >= 15 is 0 Å². The summed E-state index contributed by atoms with van der Waals surface area (Å²) >= 11 is 0. The number of benzene rings is 1. The summed E-state index contributed by atoms with van der Waals surface area (Å²) in [6, 6.07) is 6.80. The van der Waals surface area contributed by atoms with E-state index in [4.69, 9.17) is 0 Å². The first kappa shape index (κ1) is 18.9. The van der Waals surface area contributed by atoms with Crippen LogP contribution in [0.25, 0.3) is 0 Å². The number of nitrogens with zero attached hydrogens (tertiary/aromatic N) is 2. The number of aryl methyl sites for hydroxylation is 1. The Labute approximate surface area is 155 Å². The third kappa shape index (κ3) is 5.29. The van der Waals surface area contributed by atoms with E-state index in [0.717, 1.165) is 63.7 Å². The summed E-state index contributed by atoms with van der Waals surface area (Å²) in [6.45, 7) is 3.22. The Balaban J connectivity index is 1.39. The van der Waals surface area contributed by atoms with E-state index in [2.05, 4.69) is 0 Å². The lowest BCUT2D eigenvalue weighted by Crippen LogP contribution is -2.40. The molecule has 0 radical (unpaired) electrons. The number of hydrogen-bond acceptors (Lipinski definition) is 2. The molecule has 3 rings (SSSR count). The molecule has 0 aliphatic carbocycles. The number of likely N-dealkylation sites (tertiary alicyclic amines) is 2. The summed E-state index contributed by atoms with van der Waals surface area (Å²) in [7, 11) is 0. The van der Waals surface area contributed by atoms with Gasteiger partial charge in [0.2, 0.25) is 11.8 Å². The number of carbonyl (C=O) groups excluding carboxylic acids is 2. The van der Waals surface area contributed by atoms with Gasteiger partial charge in [-0.25, -0.2) is 4.39 Å². The second-order valence-electron chi connectivity index (χ2n) is 7.60. The SMILES string of the molecule is O=C1CCCN1CCCC(=O)N1CCCC(CCc2cccc(F)c2)C1. The Morgan fingerprint density at radius 1 is 1.23 bits per heavy atom. The van der Waals surface area contributed by atoms with Crippen LogP contribution >= 0.6 is 0 Å². The van der Waals surface area contributed by atoms with E-state index in [0.29, 0.717) is 25.3 Å². The Bertz CT molecular complexity index is 634. The molecule has 1 aromatic rings. The van der Waals surface area contributed by atoms with Crippen LogP contribution in [0.4, 0.5) is 4.39 Å². The first-order chi connectivity index (χ1) is 12.6. The third-order valence-electron chi connectivity index (χ3n) is 5.59. The second kappa shape index (κ2) is 9.15. The molecule has 1 aromatic carbocycles. The number of amides is 2. The van der Waals surface area contributed by atoms with Crippen LogP contribution in [0.15, 0.2) is 24.3 Å². The van der Waals surface area contributed by atoms with Crippen molar-refractivity contribution in [2.45, 2.75) is 51.4 Å². The zero-order valence-corrected chi connectivity index (χ0v) is 15.5. The molecule has 1 atom stereocenters. The number of hydrogen-bond donors (Lipinski definition) is 0. The van der Waals surface area contributed by atoms with Gasteiger partial charge in [0.15, 0.2) is 0 Å². The van der Waals surface area contributed by atoms with Gasteiger partial charge in [-0.1, -0.05) is 12.1 Å². The maximum atomic E-state index is 13.3. The molecule has 2 heterocycles. The number of carbonyl (C=O) groups is 2. The highest BCUT2D eigenvalue weighted by molar-refractivity contribution is 5.78. The van der Waals surface area contributed by atoms with Gasteiger partial charge in [-0.3, -0.25) is 9.59 Å². The van der Waals surface area contributed by atoms with Crippen LogP contribution in [0.1, 0.15) is 50.5 Å². The van der Waals surface area contributed by atoms with E-state index in [1.54, 1.807) is 12.1 Å². The summed E-state index contributed by atoms with van der Waals surface area (Å²) in [5.74, 6) is 0.760. The van der Waals surface area contributed by atoms with Crippen LogP contribution in [0.2, 0.25) is 0 Å². The van der Waals surface area contributed by atoms with Crippen molar-refractivity contribution < 1.29 is 14.0 Å². The average molecular weight is 360 g/mol. The summed E-state index contributed by atoms with van der Waals surface area (Å²) in [6.07, 6.45) is 6.94. The van der Waals surface area contributed by atoms with Gasteiger partial charge >= 0.3 is 0 Å². The Morgan fingerprint density at radius 2 is 2.12 bits per heavy atom. The van der Waals surface area contributed by atoms with Crippen molar-refractivity contribution in [2.75, 3.05) is 26.2 Å². The summed E-state index contributed by atoms with van der Waals surface area (Å²) in [4.78, 5) is 28.0. The molecule has 142 valence electrons. The molecule has 2 aliphatic rings. The standard InChI is InChI=1S/C21H29FN2O2/c22-19-7-1-5-17(15-19)10-11-18-6-2-14-24(16-18)21(26)9-4-13-23-12-3-8-20(23)25/h1,5,7,15,18H,2-4,6,8-14,16H2. The maximum absolute atomic E-state index is 13.3. The molecule has 2 fully saturated rings. The van der Waals surface area contributed by atoms with Gasteiger partial charge in [-0.2, -0.15) is 0 Å². The number of piperidine rings is 1. The van der Waals surface area contributed by atoms with Crippen LogP contribution in [0.3, 0.4) is 0 Å². The van der Waals surface area contributed by atoms with Crippen LogP contribution in [-0.2, 0) is 16.0 Å². The molecule has 0 N–H and O–H groups in total. The molecule has 26 heavy (non-hydrogen) atoms. The van der Waals surface area contributed by atoms with Crippen molar-refractivity contribution in [3.8, 4) is 0 Å². The predicted molar refractivity (Wildman–Crippen MR) is 99.1 cm³/mol. The van der Waals surface area contributed by atoms with Crippen molar-refractivity contribution in [1.29, 1.82) is 0 Å². The lowest BCUT2D eigenvalue weighted by molar-refractivity contribution is -0.134. The molecule has 2 saturated heterocycles. The summed E-state index contributed by atoms with van der Waals surface area (Å²) in [5.41, 5.74) is 1.03. The zero-order chi connectivity index (χ0) is 18.4. The van der Waals surface area contributed by atoms with E-state index in [1.807, 2.05) is 15.9 Å². The fourth-order valence-electron chi connectivity index (χ4n) is 4.11. The highest BCUT2D eigenvalue weighted by Gasteiger charge is 2.24. The summed E-state index contributed by atoms with van der Waals surface area (Å²) < 4.78 is 13.3. The van der Waals surface area contributed by atoms with Crippen molar-refractivity contribution in [3.63, 3.8) is 0 Å². The van der Waals surface area contributed by atoms with Gasteiger partial charge in [-0.15, -0.1) is 0 Å². The van der Waals surface area contributed by atoms with Crippen molar-refractivity contribution in [1.82, 2.24) is 9.80 Å². The molecule has 0 aromatic heterocycles. The number of halogens is 1. The normalized spacial score (nSPS) is 20.7. The quantitative estimate of drug-likeness (QED) is 0.748. The van der Waals surface area contributed by atoms with E-state index in [9.17, 15) is 14.0 Å². The zero-order valence-electron chi connectivity index (χ0n) is 15.5. The maximum Gasteiger partial charge on any atom is 0.222 e. The molecule has 2 aliphatic heterocycles. The van der Waals surface area contributed by atoms with Crippen LogP contribution in [0, 0.1) is 11.7 Å². The monoisotopic (exact) mass is 360 g/mol. The molecule has 5 heteroatoms. The van der Waals surface area contributed by atoms with Gasteiger partial charge < -0.3 is 9.80 Å². The van der Waals surface area contributed by atoms with Gasteiger partial charge in [0.25, 0.3) is 0 Å². The topological polar surface area (TPSA) is 40.6 Å². The molecule has 2 amide bonds. The van der Waals surface area contributed by atoms with Crippen molar-refractivity contribution >= 4 is 11.8 Å². The van der Waals surface area contributed by atoms with Gasteiger partial charge in [0, 0.05) is 39.0 Å². The molecular formula is C21H29FN2O2. The highest BCUT2D eigenvalue weighted by Crippen LogP contribution is 2.22. The van der Waals surface area contributed by atoms with E-state index in [-0.39, 0.29) is 17.6 Å². The third-order valence-corrected chi connectivity index (χ3v) is 5.59. The fraction of sp³-hybridized carbons (Fsp3) is 0.619. The molecule has 1 unspecified atom stereocenters. The lowest BCUT2D eigenvalue weighted by Gasteiger charge is -2.33. The van der Waals surface area contributed by atoms with E-state index < -0.39 is 0 Å². The molecule has 0 saturated carbocycles. The van der Waals surface area contributed by atoms with Crippen LogP contribution in [-0.4, -0.2) is 47.8 Å². The lowest BCUT2D eigenvalue weighted by atomic mass is 9.91. The second-order valence-corrected chi connectivity index (χ2v) is 7.60. The van der Waals surface area contributed by atoms with Crippen LogP contribution < -0.4 is 0 Å². The highest BCUT2D eigenvalue weighted by atomic mass is 19.1. The van der Waals surface area contributed by atoms with Crippen molar-refractivity contribution in [2.24, 2.45) is 5.92 Å². The molecular weight excluding hydrogens is 331 g/mol.